The van der Waals surface area contributed by atoms with Crippen molar-refractivity contribution in [1.82, 2.24) is 4.90 Å². The van der Waals surface area contributed by atoms with Crippen LogP contribution in [0.1, 0.15) is 64.1 Å². The number of carbonyl (C=O) groups is 1. The fourth-order valence-electron chi connectivity index (χ4n) is 3.05. The van der Waals surface area contributed by atoms with Crippen LogP contribution in [0.4, 0.5) is 10.5 Å². The van der Waals surface area contributed by atoms with Gasteiger partial charge in [-0.15, -0.1) is 0 Å². The molecule has 1 aromatic carbocycles. The molecule has 0 radical (unpaired) electrons. The van der Waals surface area contributed by atoms with Crippen molar-refractivity contribution < 1.29 is 9.53 Å². The lowest BCUT2D eigenvalue weighted by Crippen LogP contribution is -2.42. The molecule has 1 fully saturated rings. The van der Waals surface area contributed by atoms with E-state index in [0.29, 0.717) is 0 Å². The number of nitrogens with two attached hydrogens (primary N) is 1. The van der Waals surface area contributed by atoms with Crippen LogP contribution >= 0.6 is 0 Å². The fraction of sp³-hybridized carbons (Fsp3) is 0.611. The zero-order valence-electron chi connectivity index (χ0n) is 14.2. The van der Waals surface area contributed by atoms with Gasteiger partial charge in [0.05, 0.1) is 6.04 Å². The van der Waals surface area contributed by atoms with Crippen molar-refractivity contribution in [3.8, 4) is 0 Å². The van der Waals surface area contributed by atoms with E-state index in [0.717, 1.165) is 37.9 Å². The number of anilines is 1. The van der Waals surface area contributed by atoms with Gasteiger partial charge >= 0.3 is 6.09 Å². The Morgan fingerprint density at radius 3 is 2.73 bits per heavy atom. The van der Waals surface area contributed by atoms with Gasteiger partial charge in [-0.3, -0.25) is 0 Å². The molecule has 1 atom stereocenters. The van der Waals surface area contributed by atoms with Gasteiger partial charge in [-0.25, -0.2) is 4.79 Å². The third-order valence-corrected chi connectivity index (χ3v) is 4.04. The highest BCUT2D eigenvalue weighted by Crippen LogP contribution is 2.34. The van der Waals surface area contributed by atoms with Crippen molar-refractivity contribution in [1.29, 1.82) is 0 Å². The topological polar surface area (TPSA) is 55.6 Å². The normalized spacial score (nSPS) is 19.1. The van der Waals surface area contributed by atoms with Crippen LogP contribution in [0.25, 0.3) is 0 Å². The number of aryl methyl sites for hydroxylation is 1. The second kappa shape index (κ2) is 6.59. The van der Waals surface area contributed by atoms with Crippen LogP contribution in [-0.2, 0) is 11.2 Å². The van der Waals surface area contributed by atoms with E-state index < -0.39 is 5.60 Å². The molecule has 0 aromatic heterocycles. The molecule has 2 N–H and O–H groups in total. The minimum atomic E-state index is -0.465. The standard InChI is InChI=1S/C18H28N2O2/c1-5-13-12-14(19)9-10-15(13)16-8-6-7-11-20(16)17(21)22-18(2,3)4/h9-10,12,16H,5-8,11,19H2,1-4H3. The highest BCUT2D eigenvalue weighted by molar-refractivity contribution is 5.69. The van der Waals surface area contributed by atoms with Crippen molar-refractivity contribution in [3.05, 3.63) is 29.3 Å². The summed E-state index contributed by atoms with van der Waals surface area (Å²) in [4.78, 5) is 14.4. The SMILES string of the molecule is CCc1cc(N)ccc1C1CCCCN1C(=O)OC(C)(C)C. The number of likely N-dealkylation sites (tertiary alicyclic amines) is 1. The van der Waals surface area contributed by atoms with E-state index in [9.17, 15) is 4.79 Å². The number of piperidine rings is 1. The van der Waals surface area contributed by atoms with Gasteiger partial charge in [-0.2, -0.15) is 0 Å². The van der Waals surface area contributed by atoms with Crippen LogP contribution in [0, 0.1) is 0 Å². The number of ether oxygens (including phenoxy) is 1. The Balaban J connectivity index is 2.28. The first-order chi connectivity index (χ1) is 10.3. The average Bonchev–Trinajstić information content (AvgIpc) is 2.45. The van der Waals surface area contributed by atoms with Gasteiger partial charge in [0.15, 0.2) is 0 Å². The van der Waals surface area contributed by atoms with Gasteiger partial charge in [0.25, 0.3) is 0 Å². The number of amides is 1. The summed E-state index contributed by atoms with van der Waals surface area (Å²) in [5, 5.41) is 0. The zero-order chi connectivity index (χ0) is 16.3. The number of hydrogen-bond donors (Lipinski definition) is 1. The monoisotopic (exact) mass is 304 g/mol. The van der Waals surface area contributed by atoms with E-state index in [-0.39, 0.29) is 12.1 Å². The minimum Gasteiger partial charge on any atom is -0.444 e. The Bertz CT molecular complexity index is 534. The first-order valence-corrected chi connectivity index (χ1v) is 8.19. The van der Waals surface area contributed by atoms with Crippen LogP contribution in [0.5, 0.6) is 0 Å². The highest BCUT2D eigenvalue weighted by Gasteiger charge is 2.32. The fourth-order valence-corrected chi connectivity index (χ4v) is 3.05. The molecule has 1 aromatic rings. The largest absolute Gasteiger partial charge is 0.444 e. The average molecular weight is 304 g/mol. The third kappa shape index (κ3) is 3.93. The Morgan fingerprint density at radius 2 is 2.09 bits per heavy atom. The van der Waals surface area contributed by atoms with Crippen LogP contribution < -0.4 is 5.73 Å². The molecule has 0 saturated carbocycles. The highest BCUT2D eigenvalue weighted by atomic mass is 16.6. The van der Waals surface area contributed by atoms with Crippen LogP contribution in [-0.4, -0.2) is 23.1 Å². The second-order valence-corrected chi connectivity index (χ2v) is 7.00. The maximum Gasteiger partial charge on any atom is 0.410 e. The van der Waals surface area contributed by atoms with Crippen LogP contribution in [0.2, 0.25) is 0 Å². The smallest absolute Gasteiger partial charge is 0.410 e. The van der Waals surface area contributed by atoms with Gasteiger partial charge in [0.1, 0.15) is 5.60 Å². The summed E-state index contributed by atoms with van der Waals surface area (Å²) < 4.78 is 5.59. The van der Waals surface area contributed by atoms with Gasteiger partial charge in [-0.05, 0) is 69.7 Å². The van der Waals surface area contributed by atoms with E-state index in [1.807, 2.05) is 37.8 Å². The molecule has 1 heterocycles. The molecule has 1 unspecified atom stereocenters. The predicted molar refractivity (Wildman–Crippen MR) is 89.8 cm³/mol. The van der Waals surface area contributed by atoms with Crippen LogP contribution in [0.15, 0.2) is 18.2 Å². The summed E-state index contributed by atoms with van der Waals surface area (Å²) in [6.07, 6.45) is 3.86. The third-order valence-electron chi connectivity index (χ3n) is 4.04. The van der Waals surface area contributed by atoms with E-state index in [1.54, 1.807) is 0 Å². The first-order valence-electron chi connectivity index (χ1n) is 8.19. The van der Waals surface area contributed by atoms with Crippen molar-refractivity contribution in [3.63, 3.8) is 0 Å². The Hall–Kier alpha value is -1.71. The van der Waals surface area contributed by atoms with Crippen LogP contribution in [0.3, 0.4) is 0 Å². The number of benzene rings is 1. The summed E-state index contributed by atoms with van der Waals surface area (Å²) in [5.74, 6) is 0. The molecule has 1 aliphatic heterocycles. The van der Waals surface area contributed by atoms with Crippen molar-refractivity contribution >= 4 is 11.8 Å². The molecular formula is C18H28N2O2. The minimum absolute atomic E-state index is 0.0964. The molecule has 22 heavy (non-hydrogen) atoms. The van der Waals surface area contributed by atoms with Gasteiger partial charge < -0.3 is 15.4 Å². The van der Waals surface area contributed by atoms with Gasteiger partial charge in [-0.1, -0.05) is 13.0 Å². The van der Waals surface area contributed by atoms with Gasteiger partial charge in [0, 0.05) is 12.2 Å². The van der Waals surface area contributed by atoms with E-state index in [4.69, 9.17) is 10.5 Å². The number of nitrogen functional groups attached to an aromatic ring is 1. The number of carbonyl (C=O) groups excluding carboxylic acids is 1. The number of hydrogen-bond acceptors (Lipinski definition) is 3. The molecule has 2 rings (SSSR count). The summed E-state index contributed by atoms with van der Waals surface area (Å²) >= 11 is 0. The summed E-state index contributed by atoms with van der Waals surface area (Å²) in [7, 11) is 0. The quantitative estimate of drug-likeness (QED) is 0.829. The molecule has 0 spiro atoms. The van der Waals surface area contributed by atoms with Crippen molar-refractivity contribution in [2.24, 2.45) is 0 Å². The molecule has 0 aliphatic carbocycles. The Morgan fingerprint density at radius 1 is 1.36 bits per heavy atom. The zero-order valence-corrected chi connectivity index (χ0v) is 14.2. The molecule has 0 bridgehead atoms. The first kappa shape index (κ1) is 16.7. The van der Waals surface area contributed by atoms with Crippen molar-refractivity contribution in [2.45, 2.75) is 65.0 Å². The lowest BCUT2D eigenvalue weighted by molar-refractivity contribution is 0.00943. The molecule has 1 aliphatic rings. The summed E-state index contributed by atoms with van der Waals surface area (Å²) in [5.41, 5.74) is 8.65. The molecule has 1 amide bonds. The predicted octanol–water partition coefficient (Wildman–Crippen LogP) is 4.29. The number of rotatable bonds is 2. The molecule has 4 heteroatoms. The number of nitrogens with zero attached hydrogens (tertiary/aromatic N) is 1. The van der Waals surface area contributed by atoms with E-state index >= 15 is 0 Å². The van der Waals surface area contributed by atoms with Crippen molar-refractivity contribution in [2.75, 3.05) is 12.3 Å². The lowest BCUT2D eigenvalue weighted by atomic mass is 9.91. The molecular weight excluding hydrogens is 276 g/mol. The Labute approximate surface area is 133 Å². The summed E-state index contributed by atoms with van der Waals surface area (Å²) in [6.45, 7) is 8.60. The lowest BCUT2D eigenvalue weighted by Gasteiger charge is -2.37. The second-order valence-electron chi connectivity index (χ2n) is 7.00. The summed E-state index contributed by atoms with van der Waals surface area (Å²) in [6, 6.07) is 6.12. The maximum atomic E-state index is 12.5. The van der Waals surface area contributed by atoms with E-state index in [1.165, 1.54) is 11.1 Å². The van der Waals surface area contributed by atoms with E-state index in [2.05, 4.69) is 13.0 Å². The molecule has 4 nitrogen and oxygen atoms in total. The maximum absolute atomic E-state index is 12.5. The Kier molecular flexibility index (Phi) is 4.99. The molecule has 122 valence electrons. The van der Waals surface area contributed by atoms with Gasteiger partial charge in [0.2, 0.25) is 0 Å². The molecule has 1 saturated heterocycles.